The van der Waals surface area contributed by atoms with Gasteiger partial charge in [0.05, 0.1) is 22.2 Å². The Morgan fingerprint density at radius 2 is 1.67 bits per heavy atom. The van der Waals surface area contributed by atoms with Crippen LogP contribution in [0.2, 0.25) is 0 Å². The molecular formula is C31H27N3O4S. The summed E-state index contributed by atoms with van der Waals surface area (Å²) in [6, 6.07) is 23.1. The van der Waals surface area contributed by atoms with Crippen LogP contribution >= 0.6 is 11.3 Å². The van der Waals surface area contributed by atoms with Gasteiger partial charge in [0.2, 0.25) is 11.7 Å². The molecule has 2 heterocycles. The van der Waals surface area contributed by atoms with Crippen LogP contribution in [0, 0.1) is 6.92 Å². The van der Waals surface area contributed by atoms with Gasteiger partial charge in [0.15, 0.2) is 5.76 Å². The molecule has 1 aliphatic rings. The minimum atomic E-state index is -0.843. The highest BCUT2D eigenvalue weighted by Crippen LogP contribution is 2.43. The van der Waals surface area contributed by atoms with Gasteiger partial charge < -0.3 is 10.4 Å². The first kappa shape index (κ1) is 26.1. The quantitative estimate of drug-likeness (QED) is 0.265. The first-order valence-electron chi connectivity index (χ1n) is 12.6. The number of thiazole rings is 1. The molecule has 39 heavy (non-hydrogen) atoms. The number of amides is 2. The van der Waals surface area contributed by atoms with E-state index in [2.05, 4.69) is 17.2 Å². The van der Waals surface area contributed by atoms with Crippen molar-refractivity contribution in [1.82, 2.24) is 4.98 Å². The number of carbonyl (C=O) groups is 3. The third-order valence-corrected chi connectivity index (χ3v) is 7.85. The van der Waals surface area contributed by atoms with Crippen LogP contribution < -0.4 is 10.2 Å². The van der Waals surface area contributed by atoms with E-state index >= 15 is 0 Å². The Balaban J connectivity index is 1.59. The van der Waals surface area contributed by atoms with E-state index < -0.39 is 23.5 Å². The van der Waals surface area contributed by atoms with Gasteiger partial charge in [-0.2, -0.15) is 0 Å². The summed E-state index contributed by atoms with van der Waals surface area (Å²) in [5, 5.41) is 14.5. The molecule has 1 unspecified atom stereocenters. The van der Waals surface area contributed by atoms with E-state index in [9.17, 15) is 19.5 Å². The number of rotatable bonds is 7. The lowest BCUT2D eigenvalue weighted by atomic mass is 9.94. The SMILES string of the molecule is CCc1ccc(C2C(C(=O)c3sc(-c4ccccc4)nc3C)=C(O)C(=O)N2c2ccc(NC(C)=O)cc2)cc1. The number of Topliss-reactive ketones (excluding diaryl/α,β-unsaturated/α-hetero) is 1. The maximum absolute atomic E-state index is 14.1. The van der Waals surface area contributed by atoms with Crippen molar-refractivity contribution in [2.24, 2.45) is 0 Å². The van der Waals surface area contributed by atoms with Gasteiger partial charge in [-0.05, 0) is 48.7 Å². The van der Waals surface area contributed by atoms with Gasteiger partial charge in [-0.15, -0.1) is 11.3 Å². The van der Waals surface area contributed by atoms with E-state index in [0.717, 1.165) is 17.5 Å². The Morgan fingerprint density at radius 3 is 2.28 bits per heavy atom. The number of nitrogens with zero attached hydrogens (tertiary/aromatic N) is 2. The molecule has 0 fully saturated rings. The molecular weight excluding hydrogens is 510 g/mol. The number of benzene rings is 3. The van der Waals surface area contributed by atoms with Crippen molar-refractivity contribution in [3.8, 4) is 10.6 Å². The summed E-state index contributed by atoms with van der Waals surface area (Å²) in [6.45, 7) is 5.22. The number of anilines is 2. The number of hydrogen-bond acceptors (Lipinski definition) is 6. The highest BCUT2D eigenvalue weighted by Gasteiger charge is 2.45. The molecule has 1 atom stereocenters. The Kier molecular flexibility index (Phi) is 7.13. The molecule has 0 aliphatic carbocycles. The third-order valence-electron chi connectivity index (χ3n) is 6.65. The molecule has 3 aromatic carbocycles. The normalized spacial score (nSPS) is 15.1. The number of carbonyl (C=O) groups excluding carboxylic acids is 3. The first-order chi connectivity index (χ1) is 18.8. The third kappa shape index (κ3) is 4.98. The lowest BCUT2D eigenvalue weighted by Crippen LogP contribution is -2.31. The van der Waals surface area contributed by atoms with E-state index in [4.69, 9.17) is 0 Å². The molecule has 0 bridgehead atoms. The smallest absolute Gasteiger partial charge is 0.294 e. The number of aryl methyl sites for hydroxylation is 2. The fourth-order valence-electron chi connectivity index (χ4n) is 4.70. The number of hydrogen-bond donors (Lipinski definition) is 2. The number of aliphatic hydroxyl groups is 1. The lowest BCUT2D eigenvalue weighted by Gasteiger charge is -2.27. The number of aliphatic hydroxyl groups excluding tert-OH is 1. The van der Waals surface area contributed by atoms with E-state index in [1.807, 2.05) is 54.6 Å². The van der Waals surface area contributed by atoms with Gasteiger partial charge in [0.25, 0.3) is 5.91 Å². The predicted molar refractivity (Wildman–Crippen MR) is 153 cm³/mol. The second kappa shape index (κ2) is 10.7. The minimum absolute atomic E-state index is 0.0153. The van der Waals surface area contributed by atoms with Crippen LogP contribution in [-0.2, 0) is 16.0 Å². The molecule has 8 heteroatoms. The summed E-state index contributed by atoms with van der Waals surface area (Å²) in [7, 11) is 0. The summed E-state index contributed by atoms with van der Waals surface area (Å²) < 4.78 is 0. The van der Waals surface area contributed by atoms with Crippen molar-refractivity contribution in [2.45, 2.75) is 33.2 Å². The van der Waals surface area contributed by atoms with E-state index in [1.165, 1.54) is 23.2 Å². The van der Waals surface area contributed by atoms with Gasteiger partial charge in [-0.1, -0.05) is 61.5 Å². The van der Waals surface area contributed by atoms with Gasteiger partial charge in [0.1, 0.15) is 5.01 Å². The lowest BCUT2D eigenvalue weighted by molar-refractivity contribution is -0.117. The van der Waals surface area contributed by atoms with Gasteiger partial charge >= 0.3 is 0 Å². The number of aromatic nitrogens is 1. The Bertz CT molecular complexity index is 1590. The standard InChI is InChI=1S/C31H27N3O4S/c1-4-20-10-12-21(13-11-20)26-25(27(36)29-18(2)32-30(39-29)22-8-6-5-7-9-22)28(37)31(38)34(26)24-16-14-23(15-17-24)33-19(3)35/h5-17,26,37H,4H2,1-3H3,(H,33,35). The molecule has 5 rings (SSSR count). The van der Waals surface area contributed by atoms with E-state index in [0.29, 0.717) is 32.5 Å². The summed E-state index contributed by atoms with van der Waals surface area (Å²) in [5.74, 6) is -1.89. The average Bonchev–Trinajstić information content (AvgIpc) is 3.46. The highest BCUT2D eigenvalue weighted by molar-refractivity contribution is 7.17. The van der Waals surface area contributed by atoms with Crippen LogP contribution in [0.4, 0.5) is 11.4 Å². The zero-order chi connectivity index (χ0) is 27.7. The molecule has 2 amide bonds. The topological polar surface area (TPSA) is 99.6 Å². The molecule has 0 spiro atoms. The van der Waals surface area contributed by atoms with Crippen LogP contribution in [0.1, 0.15) is 46.4 Å². The van der Waals surface area contributed by atoms with Crippen molar-refractivity contribution in [3.63, 3.8) is 0 Å². The molecule has 196 valence electrons. The van der Waals surface area contributed by atoms with E-state index in [-0.39, 0.29) is 11.5 Å². The fourth-order valence-corrected chi connectivity index (χ4v) is 5.72. The number of ketones is 1. The van der Waals surface area contributed by atoms with Crippen LogP contribution in [-0.4, -0.2) is 27.7 Å². The minimum Gasteiger partial charge on any atom is -0.503 e. The average molecular weight is 538 g/mol. The molecule has 0 saturated heterocycles. The second-order valence-electron chi connectivity index (χ2n) is 9.29. The zero-order valence-corrected chi connectivity index (χ0v) is 22.6. The summed E-state index contributed by atoms with van der Waals surface area (Å²) in [5.41, 5.74) is 4.31. The van der Waals surface area contributed by atoms with Gasteiger partial charge in [0, 0.05) is 23.9 Å². The van der Waals surface area contributed by atoms with E-state index in [1.54, 1.807) is 31.2 Å². The fraction of sp³-hybridized carbons (Fsp3) is 0.161. The van der Waals surface area contributed by atoms with Crippen LogP contribution in [0.5, 0.6) is 0 Å². The molecule has 0 radical (unpaired) electrons. The van der Waals surface area contributed by atoms with Crippen molar-refractivity contribution in [2.75, 3.05) is 10.2 Å². The van der Waals surface area contributed by atoms with Crippen LogP contribution in [0.25, 0.3) is 10.6 Å². The maximum atomic E-state index is 14.1. The molecule has 1 aromatic heterocycles. The number of nitrogens with one attached hydrogen (secondary N) is 1. The van der Waals surface area contributed by atoms with Gasteiger partial charge in [-0.25, -0.2) is 4.98 Å². The highest BCUT2D eigenvalue weighted by atomic mass is 32.1. The molecule has 7 nitrogen and oxygen atoms in total. The predicted octanol–water partition coefficient (Wildman–Crippen LogP) is 6.42. The van der Waals surface area contributed by atoms with Crippen molar-refractivity contribution in [3.05, 3.63) is 112 Å². The first-order valence-corrected chi connectivity index (χ1v) is 13.4. The van der Waals surface area contributed by atoms with Crippen molar-refractivity contribution < 1.29 is 19.5 Å². The molecule has 4 aromatic rings. The Hall–Kier alpha value is -4.56. The van der Waals surface area contributed by atoms with Gasteiger partial charge in [-0.3, -0.25) is 19.3 Å². The maximum Gasteiger partial charge on any atom is 0.294 e. The van der Waals surface area contributed by atoms with Crippen molar-refractivity contribution >= 4 is 40.3 Å². The summed E-state index contributed by atoms with van der Waals surface area (Å²) >= 11 is 1.24. The molecule has 0 saturated carbocycles. The zero-order valence-electron chi connectivity index (χ0n) is 21.8. The Labute approximate surface area is 230 Å². The monoisotopic (exact) mass is 537 g/mol. The van der Waals surface area contributed by atoms with Crippen molar-refractivity contribution in [1.29, 1.82) is 0 Å². The Morgan fingerprint density at radius 1 is 1.00 bits per heavy atom. The largest absolute Gasteiger partial charge is 0.503 e. The molecule has 1 aliphatic heterocycles. The summed E-state index contributed by atoms with van der Waals surface area (Å²) in [4.78, 5) is 45.4. The van der Waals surface area contributed by atoms with Crippen LogP contribution in [0.15, 0.2) is 90.2 Å². The van der Waals surface area contributed by atoms with Crippen LogP contribution in [0.3, 0.4) is 0 Å². The molecule has 2 N–H and O–H groups in total. The summed E-state index contributed by atoms with van der Waals surface area (Å²) in [6.07, 6.45) is 0.841. The second-order valence-corrected chi connectivity index (χ2v) is 10.3.